The van der Waals surface area contributed by atoms with Gasteiger partial charge in [-0.1, -0.05) is 42.7 Å². The lowest BCUT2D eigenvalue weighted by atomic mass is 9.96. The first-order valence-corrected chi connectivity index (χ1v) is 8.59. The Bertz CT molecular complexity index is 793. The quantitative estimate of drug-likeness (QED) is 0.860. The molecular formula is C22H22FNO. The zero-order valence-corrected chi connectivity index (χ0v) is 14.2. The fourth-order valence-electron chi connectivity index (χ4n) is 3.02. The first-order chi connectivity index (χ1) is 12.2. The number of aliphatic hydroxyl groups excluding tert-OH is 1. The Kier molecular flexibility index (Phi) is 5.53. The second kappa shape index (κ2) is 8.00. The van der Waals surface area contributed by atoms with Crippen LogP contribution in [0.25, 0.3) is 5.70 Å². The molecule has 0 spiro atoms. The van der Waals surface area contributed by atoms with Crippen molar-refractivity contribution in [1.82, 2.24) is 4.90 Å². The van der Waals surface area contributed by atoms with E-state index in [0.717, 1.165) is 42.8 Å². The summed E-state index contributed by atoms with van der Waals surface area (Å²) in [4.78, 5) is 2.27. The zero-order chi connectivity index (χ0) is 17.6. The molecule has 0 bridgehead atoms. The smallest absolute Gasteiger partial charge is 0.138 e. The standard InChI is InChI=1S/C22H22FNO/c1-17(24-14-12-19(16-25)13-15-24)20-9-6-18(7-10-20)8-11-21-4-2-3-5-22(21)23/h2-7,9-10,19,25H,1,12-16H2. The van der Waals surface area contributed by atoms with Crippen LogP contribution in [0.1, 0.15) is 29.5 Å². The van der Waals surface area contributed by atoms with Gasteiger partial charge in [0.2, 0.25) is 0 Å². The van der Waals surface area contributed by atoms with Gasteiger partial charge in [0.05, 0.1) is 5.56 Å². The van der Waals surface area contributed by atoms with Gasteiger partial charge in [-0.3, -0.25) is 0 Å². The molecule has 0 saturated carbocycles. The Balaban J connectivity index is 1.67. The maximum atomic E-state index is 13.6. The van der Waals surface area contributed by atoms with Gasteiger partial charge in [-0.25, -0.2) is 4.39 Å². The number of nitrogens with zero attached hydrogens (tertiary/aromatic N) is 1. The second-order valence-electron chi connectivity index (χ2n) is 6.37. The van der Waals surface area contributed by atoms with Crippen molar-refractivity contribution in [2.24, 2.45) is 5.92 Å². The summed E-state index contributed by atoms with van der Waals surface area (Å²) in [5.74, 6) is 5.99. The summed E-state index contributed by atoms with van der Waals surface area (Å²) in [6, 6.07) is 14.4. The normalized spacial score (nSPS) is 14.7. The predicted octanol–water partition coefficient (Wildman–Crippen LogP) is 3.90. The summed E-state index contributed by atoms with van der Waals surface area (Å²) >= 11 is 0. The van der Waals surface area contributed by atoms with Gasteiger partial charge in [0.1, 0.15) is 5.82 Å². The molecule has 1 aliphatic heterocycles. The molecule has 0 aliphatic carbocycles. The van der Waals surface area contributed by atoms with Crippen LogP contribution in [0.15, 0.2) is 55.1 Å². The Morgan fingerprint density at radius 3 is 2.40 bits per heavy atom. The number of likely N-dealkylation sites (tertiary alicyclic amines) is 1. The van der Waals surface area contributed by atoms with Crippen LogP contribution < -0.4 is 0 Å². The van der Waals surface area contributed by atoms with Crippen LogP contribution in [0.5, 0.6) is 0 Å². The third-order valence-corrected chi connectivity index (χ3v) is 4.69. The van der Waals surface area contributed by atoms with Crippen molar-refractivity contribution in [2.75, 3.05) is 19.7 Å². The van der Waals surface area contributed by atoms with Crippen LogP contribution in [0.4, 0.5) is 4.39 Å². The molecule has 128 valence electrons. The second-order valence-corrected chi connectivity index (χ2v) is 6.37. The lowest BCUT2D eigenvalue weighted by Gasteiger charge is -2.34. The highest BCUT2D eigenvalue weighted by atomic mass is 19.1. The molecule has 0 radical (unpaired) electrons. The largest absolute Gasteiger partial charge is 0.396 e. The highest BCUT2D eigenvalue weighted by Gasteiger charge is 2.19. The molecule has 0 aromatic heterocycles. The number of hydrogen-bond acceptors (Lipinski definition) is 2. The van der Waals surface area contributed by atoms with E-state index in [4.69, 9.17) is 0 Å². The van der Waals surface area contributed by atoms with Crippen molar-refractivity contribution in [3.63, 3.8) is 0 Å². The summed E-state index contributed by atoms with van der Waals surface area (Å²) in [6.07, 6.45) is 2.00. The van der Waals surface area contributed by atoms with Crippen molar-refractivity contribution in [2.45, 2.75) is 12.8 Å². The van der Waals surface area contributed by atoms with Gasteiger partial charge in [-0.05, 0) is 48.6 Å². The van der Waals surface area contributed by atoms with Gasteiger partial charge in [0.25, 0.3) is 0 Å². The molecule has 2 aromatic carbocycles. The van der Waals surface area contributed by atoms with Crippen molar-refractivity contribution in [3.05, 3.63) is 77.6 Å². The molecule has 1 aliphatic rings. The highest BCUT2D eigenvalue weighted by Crippen LogP contribution is 2.24. The highest BCUT2D eigenvalue weighted by molar-refractivity contribution is 5.63. The van der Waals surface area contributed by atoms with Gasteiger partial charge < -0.3 is 10.0 Å². The number of halogens is 1. The minimum atomic E-state index is -0.300. The molecule has 1 N–H and O–H groups in total. The summed E-state index contributed by atoms with van der Waals surface area (Å²) in [6.45, 7) is 6.34. The molecular weight excluding hydrogens is 313 g/mol. The van der Waals surface area contributed by atoms with Gasteiger partial charge in [-0.2, -0.15) is 0 Å². The lowest BCUT2D eigenvalue weighted by Crippen LogP contribution is -2.33. The fourth-order valence-corrected chi connectivity index (χ4v) is 3.02. The molecule has 0 atom stereocenters. The summed E-state index contributed by atoms with van der Waals surface area (Å²) in [5.41, 5.74) is 3.32. The van der Waals surface area contributed by atoms with Gasteiger partial charge in [0, 0.05) is 31.0 Å². The summed E-state index contributed by atoms with van der Waals surface area (Å²) in [7, 11) is 0. The predicted molar refractivity (Wildman–Crippen MR) is 99.2 cm³/mol. The minimum absolute atomic E-state index is 0.274. The van der Waals surface area contributed by atoms with E-state index in [0.29, 0.717) is 11.5 Å². The van der Waals surface area contributed by atoms with Crippen LogP contribution in [0.3, 0.4) is 0 Å². The molecule has 25 heavy (non-hydrogen) atoms. The van der Waals surface area contributed by atoms with Crippen molar-refractivity contribution in [3.8, 4) is 11.8 Å². The van der Waals surface area contributed by atoms with Crippen LogP contribution >= 0.6 is 0 Å². The zero-order valence-electron chi connectivity index (χ0n) is 14.2. The first-order valence-electron chi connectivity index (χ1n) is 8.59. The van der Waals surface area contributed by atoms with E-state index >= 15 is 0 Å². The van der Waals surface area contributed by atoms with E-state index in [1.165, 1.54) is 6.07 Å². The van der Waals surface area contributed by atoms with Crippen LogP contribution in [-0.2, 0) is 0 Å². The number of aliphatic hydroxyl groups is 1. The van der Waals surface area contributed by atoms with E-state index < -0.39 is 0 Å². The van der Waals surface area contributed by atoms with Crippen molar-refractivity contribution in [1.29, 1.82) is 0 Å². The number of benzene rings is 2. The number of rotatable bonds is 3. The first kappa shape index (κ1) is 17.3. The molecule has 1 heterocycles. The molecule has 0 amide bonds. The monoisotopic (exact) mass is 335 g/mol. The van der Waals surface area contributed by atoms with Crippen molar-refractivity contribution >= 4 is 5.70 Å². The summed E-state index contributed by atoms with van der Waals surface area (Å²) < 4.78 is 13.6. The van der Waals surface area contributed by atoms with E-state index in [-0.39, 0.29) is 12.4 Å². The maximum absolute atomic E-state index is 13.6. The molecule has 1 saturated heterocycles. The lowest BCUT2D eigenvalue weighted by molar-refractivity contribution is 0.162. The number of hydrogen-bond donors (Lipinski definition) is 1. The topological polar surface area (TPSA) is 23.5 Å². The van der Waals surface area contributed by atoms with Gasteiger partial charge in [-0.15, -0.1) is 0 Å². The Labute approximate surface area is 148 Å². The molecule has 1 fully saturated rings. The van der Waals surface area contributed by atoms with Crippen LogP contribution in [0.2, 0.25) is 0 Å². The average molecular weight is 335 g/mol. The summed E-state index contributed by atoms with van der Waals surface area (Å²) in [5, 5.41) is 9.24. The van der Waals surface area contributed by atoms with Gasteiger partial charge >= 0.3 is 0 Å². The fraction of sp³-hybridized carbons (Fsp3) is 0.273. The molecule has 2 nitrogen and oxygen atoms in total. The Morgan fingerprint density at radius 2 is 1.76 bits per heavy atom. The average Bonchev–Trinajstić information content (AvgIpc) is 2.67. The molecule has 0 unspecified atom stereocenters. The van der Waals surface area contributed by atoms with E-state index in [9.17, 15) is 9.50 Å². The van der Waals surface area contributed by atoms with E-state index in [2.05, 4.69) is 23.3 Å². The van der Waals surface area contributed by atoms with Crippen LogP contribution in [-0.4, -0.2) is 29.7 Å². The number of piperidine rings is 1. The molecule has 3 heteroatoms. The minimum Gasteiger partial charge on any atom is -0.396 e. The Morgan fingerprint density at radius 1 is 1.08 bits per heavy atom. The van der Waals surface area contributed by atoms with Crippen molar-refractivity contribution < 1.29 is 9.50 Å². The molecule has 2 aromatic rings. The maximum Gasteiger partial charge on any atom is 0.138 e. The Hall–Kier alpha value is -2.57. The van der Waals surface area contributed by atoms with E-state index in [1.807, 2.05) is 24.3 Å². The van der Waals surface area contributed by atoms with Gasteiger partial charge in [0.15, 0.2) is 0 Å². The SMILES string of the molecule is C=C(c1ccc(C#Cc2ccccc2F)cc1)N1CCC(CO)CC1. The third kappa shape index (κ3) is 4.29. The molecule has 3 rings (SSSR count). The third-order valence-electron chi connectivity index (χ3n) is 4.69. The van der Waals surface area contributed by atoms with Crippen LogP contribution in [0, 0.1) is 23.6 Å². The van der Waals surface area contributed by atoms with E-state index in [1.54, 1.807) is 18.2 Å².